The van der Waals surface area contributed by atoms with E-state index in [0.29, 0.717) is 6.42 Å². The highest BCUT2D eigenvalue weighted by atomic mass is 32.1. The van der Waals surface area contributed by atoms with Gasteiger partial charge in [0.1, 0.15) is 0 Å². The molecule has 0 aliphatic heterocycles. The van der Waals surface area contributed by atoms with Crippen LogP contribution in [0.15, 0.2) is 12.1 Å². The fraction of sp³-hybridized carbons (Fsp3) is 0.545. The molecule has 0 fully saturated rings. The van der Waals surface area contributed by atoms with Gasteiger partial charge >= 0.3 is 0 Å². The molecule has 0 aromatic carbocycles. The lowest BCUT2D eigenvalue weighted by Gasteiger charge is -2.03. The third-order valence-corrected chi connectivity index (χ3v) is 3.06. The average molecular weight is 226 g/mol. The Labute approximate surface area is 94.9 Å². The molecule has 0 radical (unpaired) electrons. The average Bonchev–Trinajstić information content (AvgIpc) is 2.59. The molecular formula is C11H18N2OS. The van der Waals surface area contributed by atoms with E-state index >= 15 is 0 Å². The van der Waals surface area contributed by atoms with Gasteiger partial charge in [0.05, 0.1) is 6.42 Å². The van der Waals surface area contributed by atoms with E-state index in [1.54, 1.807) is 11.3 Å². The van der Waals surface area contributed by atoms with Gasteiger partial charge in [-0.05, 0) is 39.1 Å². The highest BCUT2D eigenvalue weighted by Crippen LogP contribution is 2.15. The van der Waals surface area contributed by atoms with Crippen molar-refractivity contribution in [3.63, 3.8) is 0 Å². The summed E-state index contributed by atoms with van der Waals surface area (Å²) in [4.78, 5) is 13.9. The minimum Gasteiger partial charge on any atom is -0.356 e. The number of carbonyl (C=O) groups excluding carboxylic acids is 1. The molecule has 84 valence electrons. The first-order valence-electron chi connectivity index (χ1n) is 5.19. The van der Waals surface area contributed by atoms with Crippen molar-refractivity contribution in [3.05, 3.63) is 21.9 Å². The molecule has 0 aliphatic carbocycles. The maximum absolute atomic E-state index is 11.5. The van der Waals surface area contributed by atoms with Crippen LogP contribution in [0.4, 0.5) is 0 Å². The predicted octanol–water partition coefficient (Wildman–Crippen LogP) is 1.32. The smallest absolute Gasteiger partial charge is 0.225 e. The van der Waals surface area contributed by atoms with E-state index in [4.69, 9.17) is 0 Å². The molecule has 0 unspecified atom stereocenters. The number of hydrogen-bond donors (Lipinski definition) is 2. The van der Waals surface area contributed by atoms with E-state index in [1.165, 1.54) is 4.88 Å². The van der Waals surface area contributed by atoms with E-state index in [1.807, 2.05) is 19.2 Å². The topological polar surface area (TPSA) is 41.1 Å². The molecule has 1 rings (SSSR count). The monoisotopic (exact) mass is 226 g/mol. The fourth-order valence-corrected chi connectivity index (χ4v) is 2.18. The van der Waals surface area contributed by atoms with Crippen molar-refractivity contribution >= 4 is 17.2 Å². The highest BCUT2D eigenvalue weighted by molar-refractivity contribution is 7.12. The Hall–Kier alpha value is -0.870. The van der Waals surface area contributed by atoms with E-state index in [0.717, 1.165) is 24.4 Å². The number of nitrogens with one attached hydrogen (secondary N) is 2. The quantitative estimate of drug-likeness (QED) is 0.718. The summed E-state index contributed by atoms with van der Waals surface area (Å²) in [6.45, 7) is 3.75. The minimum atomic E-state index is 0.118. The molecule has 1 aromatic heterocycles. The van der Waals surface area contributed by atoms with Crippen LogP contribution in [0.2, 0.25) is 0 Å². The molecule has 0 bridgehead atoms. The number of hydrogen-bond acceptors (Lipinski definition) is 3. The summed E-state index contributed by atoms with van der Waals surface area (Å²) < 4.78 is 0. The second kappa shape index (κ2) is 6.58. The molecule has 2 N–H and O–H groups in total. The molecule has 0 saturated carbocycles. The molecule has 0 aliphatic rings. The summed E-state index contributed by atoms with van der Waals surface area (Å²) in [5, 5.41) is 5.95. The van der Waals surface area contributed by atoms with Crippen LogP contribution in [0.3, 0.4) is 0 Å². The first-order valence-corrected chi connectivity index (χ1v) is 6.00. The Morgan fingerprint density at radius 1 is 1.40 bits per heavy atom. The molecule has 0 atom stereocenters. The van der Waals surface area contributed by atoms with E-state index in [2.05, 4.69) is 17.6 Å². The van der Waals surface area contributed by atoms with Crippen LogP contribution < -0.4 is 10.6 Å². The van der Waals surface area contributed by atoms with Gasteiger partial charge in [0.15, 0.2) is 0 Å². The third-order valence-electron chi connectivity index (χ3n) is 2.06. The lowest BCUT2D eigenvalue weighted by atomic mass is 10.3. The minimum absolute atomic E-state index is 0.118. The Bertz CT molecular complexity index is 309. The summed E-state index contributed by atoms with van der Waals surface area (Å²) in [5.41, 5.74) is 0. The van der Waals surface area contributed by atoms with Gasteiger partial charge in [-0.15, -0.1) is 11.3 Å². The SMILES string of the molecule is CNCCCNC(=O)Cc1ccc(C)s1. The molecule has 4 heteroatoms. The molecule has 1 heterocycles. The van der Waals surface area contributed by atoms with Gasteiger partial charge in [0.2, 0.25) is 5.91 Å². The van der Waals surface area contributed by atoms with Crippen LogP contribution in [-0.4, -0.2) is 26.0 Å². The zero-order valence-corrected chi connectivity index (χ0v) is 10.1. The standard InChI is InChI=1S/C11H18N2OS/c1-9-4-5-10(15-9)8-11(14)13-7-3-6-12-2/h4-5,12H,3,6-8H2,1-2H3,(H,13,14). The van der Waals surface area contributed by atoms with Crippen LogP contribution in [0.25, 0.3) is 0 Å². The maximum atomic E-state index is 11.5. The number of amides is 1. The lowest BCUT2D eigenvalue weighted by Crippen LogP contribution is -2.27. The van der Waals surface area contributed by atoms with Gasteiger partial charge in [-0.1, -0.05) is 0 Å². The van der Waals surface area contributed by atoms with Crippen molar-refractivity contribution in [2.24, 2.45) is 0 Å². The second-order valence-corrected chi connectivity index (χ2v) is 4.87. The summed E-state index contributed by atoms with van der Waals surface area (Å²) in [6, 6.07) is 4.07. The van der Waals surface area contributed by atoms with E-state index in [-0.39, 0.29) is 5.91 Å². The first kappa shape index (κ1) is 12.2. The van der Waals surface area contributed by atoms with Crippen molar-refractivity contribution in [3.8, 4) is 0 Å². The number of rotatable bonds is 6. The predicted molar refractivity (Wildman–Crippen MR) is 64.3 cm³/mol. The van der Waals surface area contributed by atoms with Crippen molar-refractivity contribution in [1.29, 1.82) is 0 Å². The molecule has 0 saturated heterocycles. The van der Waals surface area contributed by atoms with Crippen LogP contribution in [-0.2, 0) is 11.2 Å². The van der Waals surface area contributed by atoms with Crippen LogP contribution in [0.5, 0.6) is 0 Å². The zero-order valence-electron chi connectivity index (χ0n) is 9.30. The maximum Gasteiger partial charge on any atom is 0.225 e. The van der Waals surface area contributed by atoms with Gasteiger partial charge in [-0.3, -0.25) is 4.79 Å². The summed E-state index contributed by atoms with van der Waals surface area (Å²) in [6.07, 6.45) is 1.49. The van der Waals surface area contributed by atoms with Gasteiger partial charge in [0.25, 0.3) is 0 Å². The summed E-state index contributed by atoms with van der Waals surface area (Å²) in [7, 11) is 1.91. The van der Waals surface area contributed by atoms with Crippen molar-refractivity contribution < 1.29 is 4.79 Å². The van der Waals surface area contributed by atoms with Crippen LogP contribution in [0.1, 0.15) is 16.2 Å². The number of thiophene rings is 1. The molecule has 15 heavy (non-hydrogen) atoms. The van der Waals surface area contributed by atoms with E-state index < -0.39 is 0 Å². The largest absolute Gasteiger partial charge is 0.356 e. The second-order valence-electron chi connectivity index (χ2n) is 3.50. The Balaban J connectivity index is 2.18. The molecule has 1 aromatic rings. The molecular weight excluding hydrogens is 208 g/mol. The van der Waals surface area contributed by atoms with Gasteiger partial charge in [-0.25, -0.2) is 0 Å². The normalized spacial score (nSPS) is 10.3. The Kier molecular flexibility index (Phi) is 5.36. The number of carbonyl (C=O) groups is 1. The summed E-state index contributed by atoms with van der Waals surface area (Å²) in [5.74, 6) is 0.118. The van der Waals surface area contributed by atoms with Crippen molar-refractivity contribution in [2.45, 2.75) is 19.8 Å². The molecule has 0 spiro atoms. The Morgan fingerprint density at radius 3 is 2.80 bits per heavy atom. The van der Waals surface area contributed by atoms with Crippen molar-refractivity contribution in [2.75, 3.05) is 20.1 Å². The highest BCUT2D eigenvalue weighted by Gasteiger charge is 2.03. The number of aryl methyl sites for hydroxylation is 1. The third kappa shape index (κ3) is 4.95. The fourth-order valence-electron chi connectivity index (χ4n) is 1.29. The van der Waals surface area contributed by atoms with Gasteiger partial charge in [0, 0.05) is 16.3 Å². The summed E-state index contributed by atoms with van der Waals surface area (Å²) >= 11 is 1.69. The Morgan fingerprint density at radius 2 is 2.20 bits per heavy atom. The lowest BCUT2D eigenvalue weighted by molar-refractivity contribution is -0.120. The van der Waals surface area contributed by atoms with Crippen LogP contribution >= 0.6 is 11.3 Å². The molecule has 3 nitrogen and oxygen atoms in total. The van der Waals surface area contributed by atoms with Gasteiger partial charge in [-0.2, -0.15) is 0 Å². The van der Waals surface area contributed by atoms with Crippen molar-refractivity contribution in [1.82, 2.24) is 10.6 Å². The van der Waals surface area contributed by atoms with Crippen LogP contribution in [0, 0.1) is 6.92 Å². The zero-order chi connectivity index (χ0) is 11.1. The van der Waals surface area contributed by atoms with E-state index in [9.17, 15) is 4.79 Å². The molecule has 1 amide bonds. The van der Waals surface area contributed by atoms with Gasteiger partial charge < -0.3 is 10.6 Å². The first-order chi connectivity index (χ1) is 7.22.